The zero-order valence-electron chi connectivity index (χ0n) is 19.5. The number of aryl methyl sites for hydroxylation is 1. The summed E-state index contributed by atoms with van der Waals surface area (Å²) in [6, 6.07) is 7.68. The Bertz CT molecular complexity index is 1310. The maximum atomic E-state index is 14.8. The van der Waals surface area contributed by atoms with Crippen LogP contribution in [0.25, 0.3) is 11.0 Å². The Balaban J connectivity index is 1.60. The van der Waals surface area contributed by atoms with Gasteiger partial charge in [0.2, 0.25) is 0 Å². The minimum absolute atomic E-state index is 0.112. The molecular weight excluding hydrogens is 457 g/mol. The van der Waals surface area contributed by atoms with Gasteiger partial charge in [-0.1, -0.05) is 18.2 Å². The zero-order chi connectivity index (χ0) is 24.7. The van der Waals surface area contributed by atoms with E-state index < -0.39 is 29.3 Å². The number of hydrogen-bond acceptors (Lipinski definition) is 7. The Hall–Kier alpha value is -3.45. The number of hydrogen-bond donors (Lipinski definition) is 1. The quantitative estimate of drug-likeness (QED) is 0.531. The number of pyridine rings is 1. The summed E-state index contributed by atoms with van der Waals surface area (Å²) in [6.07, 6.45) is -1.42. The van der Waals surface area contributed by atoms with Crippen molar-refractivity contribution in [2.45, 2.75) is 44.6 Å². The molecular formula is C25H25F3N6O. The van der Waals surface area contributed by atoms with Gasteiger partial charge in [-0.2, -0.15) is 5.26 Å². The molecule has 1 atom stereocenters. The highest BCUT2D eigenvalue weighted by Gasteiger charge is 2.48. The first kappa shape index (κ1) is 23.3. The van der Waals surface area contributed by atoms with Crippen LogP contribution in [0.4, 0.5) is 24.8 Å². The largest absolute Gasteiger partial charge is 0.378 e. The highest BCUT2D eigenvalue weighted by atomic mass is 19.3. The monoisotopic (exact) mass is 482 g/mol. The van der Waals surface area contributed by atoms with E-state index in [4.69, 9.17) is 9.72 Å². The second-order valence-electron chi connectivity index (χ2n) is 9.06. The lowest BCUT2D eigenvalue weighted by molar-refractivity contribution is 0.122. The summed E-state index contributed by atoms with van der Waals surface area (Å²) in [5.74, 6) is 0.668. The number of anilines is 2. The molecule has 2 fully saturated rings. The summed E-state index contributed by atoms with van der Waals surface area (Å²) in [7, 11) is 0. The molecule has 0 radical (unpaired) electrons. The number of aromatic nitrogens is 3. The Morgan fingerprint density at radius 1 is 1.14 bits per heavy atom. The van der Waals surface area contributed by atoms with Gasteiger partial charge in [0.25, 0.3) is 6.43 Å². The minimum atomic E-state index is -2.91. The van der Waals surface area contributed by atoms with Crippen LogP contribution in [0, 0.1) is 24.1 Å². The molecule has 0 amide bonds. The molecule has 1 saturated carbocycles. The number of nitrogens with zero attached hydrogens (tertiary/aromatic N) is 5. The van der Waals surface area contributed by atoms with Crippen molar-refractivity contribution in [1.82, 2.24) is 15.0 Å². The highest BCUT2D eigenvalue weighted by Crippen LogP contribution is 2.51. The topological polar surface area (TPSA) is 87.0 Å². The molecule has 182 valence electrons. The maximum Gasteiger partial charge on any atom is 0.266 e. The predicted molar refractivity (Wildman–Crippen MR) is 125 cm³/mol. The maximum absolute atomic E-state index is 14.8. The molecule has 7 nitrogen and oxygen atoms in total. The zero-order valence-corrected chi connectivity index (χ0v) is 19.5. The van der Waals surface area contributed by atoms with Gasteiger partial charge >= 0.3 is 0 Å². The molecule has 2 aliphatic rings. The van der Waals surface area contributed by atoms with Crippen LogP contribution in [-0.4, -0.2) is 41.3 Å². The van der Waals surface area contributed by atoms with E-state index in [1.54, 1.807) is 13.8 Å². The van der Waals surface area contributed by atoms with E-state index in [1.165, 1.54) is 12.1 Å². The van der Waals surface area contributed by atoms with E-state index >= 15 is 0 Å². The van der Waals surface area contributed by atoms with Crippen molar-refractivity contribution >= 4 is 22.7 Å². The summed E-state index contributed by atoms with van der Waals surface area (Å²) in [4.78, 5) is 16.0. The van der Waals surface area contributed by atoms with Gasteiger partial charge in [0.15, 0.2) is 5.65 Å². The van der Waals surface area contributed by atoms with Gasteiger partial charge in [0, 0.05) is 24.2 Å². The molecule has 3 heterocycles. The van der Waals surface area contributed by atoms with Crippen LogP contribution in [0.1, 0.15) is 54.7 Å². The summed E-state index contributed by atoms with van der Waals surface area (Å²) in [5, 5.41) is 13.7. The number of alkyl halides is 2. The van der Waals surface area contributed by atoms with Gasteiger partial charge in [0.05, 0.1) is 41.7 Å². The highest BCUT2D eigenvalue weighted by molar-refractivity contribution is 5.89. The third-order valence-corrected chi connectivity index (χ3v) is 6.68. The van der Waals surface area contributed by atoms with Crippen LogP contribution in [-0.2, 0) is 10.2 Å². The molecule has 0 unspecified atom stereocenters. The van der Waals surface area contributed by atoms with Crippen LogP contribution in [0.15, 0.2) is 24.3 Å². The molecule has 3 aromatic rings. The van der Waals surface area contributed by atoms with E-state index in [1.807, 2.05) is 6.07 Å². The molecule has 10 heteroatoms. The van der Waals surface area contributed by atoms with E-state index in [9.17, 15) is 18.4 Å². The smallest absolute Gasteiger partial charge is 0.266 e. The van der Waals surface area contributed by atoms with Gasteiger partial charge in [-0.05, 0) is 32.8 Å². The van der Waals surface area contributed by atoms with Crippen LogP contribution >= 0.6 is 0 Å². The number of halogens is 3. The minimum Gasteiger partial charge on any atom is -0.378 e. The third kappa shape index (κ3) is 4.25. The molecule has 2 aromatic heterocycles. The van der Waals surface area contributed by atoms with Gasteiger partial charge in [-0.15, -0.1) is 0 Å². The summed E-state index contributed by atoms with van der Waals surface area (Å²) in [6.45, 7) is 5.90. The predicted octanol–water partition coefficient (Wildman–Crippen LogP) is 4.97. The van der Waals surface area contributed by atoms with Gasteiger partial charge in [-0.3, -0.25) is 0 Å². The van der Waals surface area contributed by atoms with Crippen LogP contribution in [0.3, 0.4) is 0 Å². The number of rotatable bonds is 6. The Kier molecular flexibility index (Phi) is 5.97. The van der Waals surface area contributed by atoms with E-state index in [0.717, 1.165) is 30.3 Å². The normalized spacial score (nSPS) is 17.9. The lowest BCUT2D eigenvalue weighted by atomic mass is 9.96. The van der Waals surface area contributed by atoms with Gasteiger partial charge in [0.1, 0.15) is 23.3 Å². The van der Waals surface area contributed by atoms with Crippen LogP contribution in [0.2, 0.25) is 0 Å². The first-order chi connectivity index (χ1) is 16.8. The molecule has 1 saturated heterocycles. The summed E-state index contributed by atoms with van der Waals surface area (Å²) in [5.41, 5.74) is 0.140. The molecule has 1 aromatic carbocycles. The second kappa shape index (κ2) is 8.96. The first-order valence-corrected chi connectivity index (χ1v) is 11.6. The second-order valence-corrected chi connectivity index (χ2v) is 9.06. The van der Waals surface area contributed by atoms with Gasteiger partial charge < -0.3 is 15.0 Å². The van der Waals surface area contributed by atoms with Crippen molar-refractivity contribution in [3.05, 3.63) is 52.6 Å². The Morgan fingerprint density at radius 3 is 2.51 bits per heavy atom. The van der Waals surface area contributed by atoms with Crippen molar-refractivity contribution in [3.8, 4) is 6.07 Å². The van der Waals surface area contributed by atoms with Crippen molar-refractivity contribution in [3.63, 3.8) is 0 Å². The van der Waals surface area contributed by atoms with Gasteiger partial charge in [-0.25, -0.2) is 28.1 Å². The standard InChI is InChI=1S/C25H25F3N6O/c1-14(16-4-3-5-17(20(16)26)21(27)28)30-22-18-12-19(25(13-29)6-7-25)24(34-8-10-35-11-9-34)33-23(18)32-15(2)31-22/h3-5,12,14,21H,6-11H2,1-2H3,(H,30,31,32,33)/t14-/m1/s1. The first-order valence-electron chi connectivity index (χ1n) is 11.6. The SMILES string of the molecule is Cc1nc(N[C@H](C)c2cccc(C(F)F)c2F)c2cc(C3(C#N)CC3)c(N3CCOCC3)nc2n1. The fourth-order valence-electron chi connectivity index (χ4n) is 4.55. The van der Waals surface area contributed by atoms with Crippen molar-refractivity contribution in [1.29, 1.82) is 5.26 Å². The van der Waals surface area contributed by atoms with Crippen molar-refractivity contribution < 1.29 is 17.9 Å². The number of benzene rings is 1. The van der Waals surface area contributed by atoms with E-state index in [-0.39, 0.29) is 5.56 Å². The molecule has 35 heavy (non-hydrogen) atoms. The molecule has 0 bridgehead atoms. The van der Waals surface area contributed by atoms with Crippen molar-refractivity contribution in [2.75, 3.05) is 36.5 Å². The number of fused-ring (bicyclic) bond motifs is 1. The average molecular weight is 483 g/mol. The van der Waals surface area contributed by atoms with Crippen LogP contribution in [0.5, 0.6) is 0 Å². The number of morpholine rings is 1. The Labute approximate surface area is 201 Å². The number of nitrogens with one attached hydrogen (secondary N) is 1. The molecule has 0 spiro atoms. The number of nitriles is 1. The van der Waals surface area contributed by atoms with Crippen LogP contribution < -0.4 is 10.2 Å². The molecule has 5 rings (SSSR count). The molecule has 1 N–H and O–H groups in total. The third-order valence-electron chi connectivity index (χ3n) is 6.68. The Morgan fingerprint density at radius 2 is 1.86 bits per heavy atom. The molecule has 1 aliphatic heterocycles. The van der Waals surface area contributed by atoms with Crippen molar-refractivity contribution in [2.24, 2.45) is 0 Å². The average Bonchev–Trinajstić information content (AvgIpc) is 3.65. The molecule has 1 aliphatic carbocycles. The fourth-order valence-corrected chi connectivity index (χ4v) is 4.55. The summed E-state index contributed by atoms with van der Waals surface area (Å²) < 4.78 is 46.7. The lowest BCUT2D eigenvalue weighted by Crippen LogP contribution is -2.38. The number of ether oxygens (including phenoxy) is 1. The lowest BCUT2D eigenvalue weighted by Gasteiger charge is -2.30. The van der Waals surface area contributed by atoms with E-state index in [2.05, 4.69) is 26.3 Å². The van der Waals surface area contributed by atoms with E-state index in [0.29, 0.717) is 49.0 Å². The summed E-state index contributed by atoms with van der Waals surface area (Å²) >= 11 is 0. The fraction of sp³-hybridized carbons (Fsp3) is 0.440.